The molecule has 0 fully saturated rings. The molecule has 0 aliphatic heterocycles. The lowest BCUT2D eigenvalue weighted by Crippen LogP contribution is -2.30. The molecule has 0 saturated heterocycles. The lowest BCUT2D eigenvalue weighted by atomic mass is 10.0. The third-order valence-electron chi connectivity index (χ3n) is 11.7. The number of hydrogen-bond acceptors (Lipinski definition) is 6. The molecule has 6 nitrogen and oxygen atoms in total. The molecule has 0 saturated carbocycles. The van der Waals surface area contributed by atoms with Crippen LogP contribution in [-0.2, 0) is 28.6 Å². The van der Waals surface area contributed by atoms with Crippen molar-refractivity contribution in [1.82, 2.24) is 0 Å². The van der Waals surface area contributed by atoms with E-state index >= 15 is 0 Å². The molecule has 58 heavy (non-hydrogen) atoms. The fourth-order valence-electron chi connectivity index (χ4n) is 7.81. The second-order valence-corrected chi connectivity index (χ2v) is 18.8. The minimum absolute atomic E-state index is 0.0637. The molecule has 0 aliphatic carbocycles. The monoisotopic (exact) mass is 821 g/mol. The molecular weight excluding hydrogens is 721 g/mol. The third kappa shape index (κ3) is 45.5. The number of rotatable bonds is 46. The van der Waals surface area contributed by atoms with Gasteiger partial charge in [-0.3, -0.25) is 14.4 Å². The second kappa shape index (κ2) is 44.9. The Hall–Kier alpha value is -1.59. The first-order valence-corrected chi connectivity index (χ1v) is 25.7. The van der Waals surface area contributed by atoms with Crippen LogP contribution < -0.4 is 0 Å². The van der Waals surface area contributed by atoms with Crippen molar-refractivity contribution < 1.29 is 28.6 Å². The molecular formula is C52H100O6. The second-order valence-electron chi connectivity index (χ2n) is 18.8. The lowest BCUT2D eigenvalue weighted by molar-refractivity contribution is -0.167. The summed E-state index contributed by atoms with van der Waals surface area (Å²) in [6, 6.07) is 0. The van der Waals surface area contributed by atoms with Gasteiger partial charge in [0.1, 0.15) is 13.2 Å². The van der Waals surface area contributed by atoms with E-state index in [-0.39, 0.29) is 31.1 Å². The van der Waals surface area contributed by atoms with Crippen LogP contribution >= 0.6 is 0 Å². The van der Waals surface area contributed by atoms with Crippen molar-refractivity contribution in [2.75, 3.05) is 13.2 Å². The molecule has 344 valence electrons. The van der Waals surface area contributed by atoms with E-state index < -0.39 is 6.10 Å². The number of carbonyl (C=O) groups excluding carboxylic acids is 3. The zero-order valence-electron chi connectivity index (χ0n) is 39.7. The van der Waals surface area contributed by atoms with Gasteiger partial charge in [0.2, 0.25) is 0 Å². The van der Waals surface area contributed by atoms with Crippen LogP contribution in [-0.4, -0.2) is 37.2 Å². The van der Waals surface area contributed by atoms with Crippen LogP contribution in [0.3, 0.4) is 0 Å². The van der Waals surface area contributed by atoms with E-state index in [1.54, 1.807) is 0 Å². The first kappa shape index (κ1) is 56.4. The molecule has 0 heterocycles. The maximum absolute atomic E-state index is 12.8. The number of esters is 3. The van der Waals surface area contributed by atoms with Crippen molar-refractivity contribution in [3.63, 3.8) is 0 Å². The van der Waals surface area contributed by atoms with E-state index in [1.165, 1.54) is 173 Å². The summed E-state index contributed by atoms with van der Waals surface area (Å²) in [5, 5.41) is 0. The van der Waals surface area contributed by atoms with E-state index in [0.29, 0.717) is 19.3 Å². The van der Waals surface area contributed by atoms with Crippen LogP contribution in [0, 0.1) is 11.8 Å². The minimum atomic E-state index is -0.761. The summed E-state index contributed by atoms with van der Waals surface area (Å²) in [5.74, 6) is 0.795. The van der Waals surface area contributed by atoms with Crippen molar-refractivity contribution in [2.24, 2.45) is 11.8 Å². The molecule has 0 aromatic heterocycles. The summed E-state index contributed by atoms with van der Waals surface area (Å²) >= 11 is 0. The van der Waals surface area contributed by atoms with Gasteiger partial charge >= 0.3 is 17.9 Å². The molecule has 0 radical (unpaired) electrons. The van der Waals surface area contributed by atoms with Gasteiger partial charge in [0, 0.05) is 19.3 Å². The zero-order chi connectivity index (χ0) is 42.6. The van der Waals surface area contributed by atoms with Gasteiger partial charge < -0.3 is 14.2 Å². The number of hydrogen-bond donors (Lipinski definition) is 0. The molecule has 6 heteroatoms. The van der Waals surface area contributed by atoms with Crippen LogP contribution in [0.2, 0.25) is 0 Å². The molecule has 0 unspecified atom stereocenters. The predicted molar refractivity (Wildman–Crippen MR) is 247 cm³/mol. The van der Waals surface area contributed by atoms with Crippen LogP contribution in [0.15, 0.2) is 0 Å². The van der Waals surface area contributed by atoms with E-state index in [9.17, 15) is 14.4 Å². The smallest absolute Gasteiger partial charge is 0.306 e. The average Bonchev–Trinajstić information content (AvgIpc) is 3.19. The van der Waals surface area contributed by atoms with Crippen LogP contribution in [0.1, 0.15) is 285 Å². The maximum Gasteiger partial charge on any atom is 0.306 e. The van der Waals surface area contributed by atoms with Gasteiger partial charge in [-0.05, 0) is 31.1 Å². The highest BCUT2D eigenvalue weighted by Gasteiger charge is 2.19. The Morgan fingerprint density at radius 2 is 0.569 bits per heavy atom. The van der Waals surface area contributed by atoms with Gasteiger partial charge in [-0.15, -0.1) is 0 Å². The van der Waals surface area contributed by atoms with Gasteiger partial charge in [-0.1, -0.05) is 247 Å². The summed E-state index contributed by atoms with van der Waals surface area (Å²) in [5.41, 5.74) is 0. The van der Waals surface area contributed by atoms with E-state index in [2.05, 4.69) is 34.6 Å². The SMILES string of the molecule is CCCCCCCCCCCCCCCC(=O)OC[C@H](COC(=O)CCCCCCCCCCCCC(C)C)OC(=O)CCCCCCCCCCCCCC(C)C. The van der Waals surface area contributed by atoms with Gasteiger partial charge in [0.25, 0.3) is 0 Å². The fourth-order valence-corrected chi connectivity index (χ4v) is 7.81. The standard InChI is InChI=1S/C52H100O6/c1-6-7-8-9-10-11-12-13-16-22-27-32-37-42-50(53)56-45-49(46-57-51(54)43-38-33-28-23-19-18-21-26-31-36-41-48(4)5)58-52(55)44-39-34-29-24-17-14-15-20-25-30-35-40-47(2)3/h47-49H,6-46H2,1-5H3/t49-/m1/s1. The summed E-state index contributed by atoms with van der Waals surface area (Å²) in [7, 11) is 0. The lowest BCUT2D eigenvalue weighted by Gasteiger charge is -2.18. The number of unbranched alkanes of at least 4 members (excludes halogenated alkanes) is 31. The molecule has 0 N–H and O–H groups in total. The highest BCUT2D eigenvalue weighted by atomic mass is 16.6. The zero-order valence-corrected chi connectivity index (χ0v) is 39.7. The third-order valence-corrected chi connectivity index (χ3v) is 11.7. The predicted octanol–water partition coefficient (Wildman–Crippen LogP) is 16.5. The Labute approximate surface area is 361 Å². The highest BCUT2D eigenvalue weighted by Crippen LogP contribution is 2.17. The highest BCUT2D eigenvalue weighted by molar-refractivity contribution is 5.71. The Balaban J connectivity index is 4.33. The van der Waals surface area contributed by atoms with Crippen molar-refractivity contribution >= 4 is 17.9 Å². The topological polar surface area (TPSA) is 78.9 Å². The van der Waals surface area contributed by atoms with E-state index in [4.69, 9.17) is 14.2 Å². The largest absolute Gasteiger partial charge is 0.462 e. The van der Waals surface area contributed by atoms with Gasteiger partial charge in [-0.2, -0.15) is 0 Å². The number of carbonyl (C=O) groups is 3. The molecule has 0 bridgehead atoms. The summed E-state index contributed by atoms with van der Waals surface area (Å²) in [6.45, 7) is 11.4. The first-order chi connectivity index (χ1) is 28.2. The fraction of sp³-hybridized carbons (Fsp3) is 0.942. The van der Waals surface area contributed by atoms with Crippen molar-refractivity contribution in [1.29, 1.82) is 0 Å². The van der Waals surface area contributed by atoms with Crippen molar-refractivity contribution in [3.05, 3.63) is 0 Å². The normalized spacial score (nSPS) is 12.1. The van der Waals surface area contributed by atoms with Crippen molar-refractivity contribution in [3.8, 4) is 0 Å². The molecule has 1 atom stereocenters. The van der Waals surface area contributed by atoms with E-state index in [1.807, 2.05) is 0 Å². The Kier molecular flexibility index (Phi) is 43.7. The number of ether oxygens (including phenoxy) is 3. The van der Waals surface area contributed by atoms with Gasteiger partial charge in [0.15, 0.2) is 6.10 Å². The summed E-state index contributed by atoms with van der Waals surface area (Å²) in [6.07, 6.45) is 45.1. The van der Waals surface area contributed by atoms with Gasteiger partial charge in [-0.25, -0.2) is 0 Å². The average molecular weight is 821 g/mol. The minimum Gasteiger partial charge on any atom is -0.462 e. The molecule has 0 aromatic carbocycles. The Morgan fingerprint density at radius 1 is 0.328 bits per heavy atom. The van der Waals surface area contributed by atoms with Crippen LogP contribution in [0.5, 0.6) is 0 Å². The first-order valence-electron chi connectivity index (χ1n) is 25.7. The molecule has 0 rings (SSSR count). The molecule has 0 aliphatic rings. The van der Waals surface area contributed by atoms with Gasteiger partial charge in [0.05, 0.1) is 0 Å². The van der Waals surface area contributed by atoms with Crippen molar-refractivity contribution in [2.45, 2.75) is 291 Å². The van der Waals surface area contributed by atoms with Crippen LogP contribution in [0.4, 0.5) is 0 Å². The molecule has 0 aromatic rings. The quantitative estimate of drug-likeness (QED) is 0.0346. The Morgan fingerprint density at radius 3 is 0.845 bits per heavy atom. The maximum atomic E-state index is 12.8. The van der Waals surface area contributed by atoms with Crippen LogP contribution in [0.25, 0.3) is 0 Å². The summed E-state index contributed by atoms with van der Waals surface area (Å²) < 4.78 is 16.8. The summed E-state index contributed by atoms with van der Waals surface area (Å²) in [4.78, 5) is 37.9. The molecule has 0 amide bonds. The Bertz CT molecular complexity index is 885. The molecule has 0 spiro atoms. The van der Waals surface area contributed by atoms with E-state index in [0.717, 1.165) is 69.6 Å².